The highest BCUT2D eigenvalue weighted by Crippen LogP contribution is 2.31. The van der Waals surface area contributed by atoms with E-state index in [2.05, 4.69) is 10.2 Å². The zero-order valence-corrected chi connectivity index (χ0v) is 13.1. The standard InChI is InChI=1S/C18H12Cl2N2/c19-15-11-12-16(20)18(14-9-5-2-6-10-14)22-21-17(15)13-7-3-1-4-8-13/h1-12H/b12-11-,15-11?,16-12?,17-15+,18-16+,21-17?,22-18?,22-21-. The van der Waals surface area contributed by atoms with Crippen molar-refractivity contribution in [3.63, 3.8) is 0 Å². The number of halogens is 2. The quantitative estimate of drug-likeness (QED) is 0.625. The molecule has 22 heavy (non-hydrogen) atoms. The molecule has 2 nitrogen and oxygen atoms in total. The summed E-state index contributed by atoms with van der Waals surface area (Å²) in [5.74, 6) is 0. The maximum Gasteiger partial charge on any atom is 0.111 e. The first-order valence-electron chi connectivity index (χ1n) is 6.76. The van der Waals surface area contributed by atoms with Gasteiger partial charge < -0.3 is 0 Å². The normalized spacial score (nSPS) is 24.5. The van der Waals surface area contributed by atoms with Crippen LogP contribution in [0.4, 0.5) is 0 Å². The maximum atomic E-state index is 6.31. The van der Waals surface area contributed by atoms with Crippen molar-refractivity contribution < 1.29 is 0 Å². The summed E-state index contributed by atoms with van der Waals surface area (Å²) in [6, 6.07) is 19.4. The van der Waals surface area contributed by atoms with Gasteiger partial charge in [0.2, 0.25) is 0 Å². The Morgan fingerprint density at radius 2 is 0.909 bits per heavy atom. The van der Waals surface area contributed by atoms with E-state index < -0.39 is 0 Å². The van der Waals surface area contributed by atoms with Gasteiger partial charge in [-0.2, -0.15) is 0 Å². The van der Waals surface area contributed by atoms with Crippen molar-refractivity contribution in [2.75, 3.05) is 0 Å². The molecule has 0 saturated carbocycles. The van der Waals surface area contributed by atoms with Crippen molar-refractivity contribution >= 4 is 34.6 Å². The van der Waals surface area contributed by atoms with Crippen LogP contribution in [-0.2, 0) is 0 Å². The fourth-order valence-electron chi connectivity index (χ4n) is 2.08. The summed E-state index contributed by atoms with van der Waals surface area (Å²) in [5, 5.41) is 9.64. The molecule has 0 fully saturated rings. The number of benzene rings is 2. The first-order valence-corrected chi connectivity index (χ1v) is 7.51. The molecule has 0 bridgehead atoms. The van der Waals surface area contributed by atoms with Gasteiger partial charge in [-0.1, -0.05) is 83.9 Å². The second kappa shape index (κ2) is 6.73. The number of rotatable bonds is 2. The molecule has 1 aliphatic rings. The molecule has 0 spiro atoms. The molecule has 0 amide bonds. The Morgan fingerprint density at radius 1 is 0.545 bits per heavy atom. The fraction of sp³-hybridized carbons (Fsp3) is 0. The van der Waals surface area contributed by atoms with E-state index in [9.17, 15) is 0 Å². The van der Waals surface area contributed by atoms with Gasteiger partial charge in [-0.05, 0) is 12.2 Å². The highest BCUT2D eigenvalue weighted by molar-refractivity contribution is 6.36. The Morgan fingerprint density at radius 3 is 1.27 bits per heavy atom. The zero-order chi connectivity index (χ0) is 15.4. The molecule has 0 unspecified atom stereocenters. The Bertz CT molecular complexity index is 721. The van der Waals surface area contributed by atoms with E-state index in [0.717, 1.165) is 11.1 Å². The van der Waals surface area contributed by atoms with Crippen LogP contribution in [0.15, 0.2) is 93.1 Å². The van der Waals surface area contributed by atoms with Gasteiger partial charge in [0.1, 0.15) is 11.4 Å². The third kappa shape index (κ3) is 3.19. The number of nitrogens with zero attached hydrogens (tertiary/aromatic N) is 2. The molecule has 2 aromatic carbocycles. The van der Waals surface area contributed by atoms with E-state index in [4.69, 9.17) is 23.2 Å². The molecule has 3 rings (SSSR count). The Hall–Kier alpha value is -2.16. The lowest BCUT2D eigenvalue weighted by Crippen LogP contribution is -1.88. The lowest BCUT2D eigenvalue weighted by atomic mass is 10.1. The summed E-state index contributed by atoms with van der Waals surface area (Å²) in [4.78, 5) is 0. The molecule has 108 valence electrons. The molecule has 0 N–H and O–H groups in total. The van der Waals surface area contributed by atoms with E-state index in [1.165, 1.54) is 0 Å². The van der Waals surface area contributed by atoms with E-state index >= 15 is 0 Å². The van der Waals surface area contributed by atoms with Crippen LogP contribution in [0.2, 0.25) is 0 Å². The van der Waals surface area contributed by atoms with Crippen LogP contribution in [0, 0.1) is 0 Å². The molecule has 0 aliphatic carbocycles. The van der Waals surface area contributed by atoms with Crippen molar-refractivity contribution in [2.45, 2.75) is 0 Å². The summed E-state index contributed by atoms with van der Waals surface area (Å²) in [6.07, 6.45) is 3.49. The summed E-state index contributed by atoms with van der Waals surface area (Å²) in [5.41, 5.74) is 3.06. The van der Waals surface area contributed by atoms with Crippen LogP contribution in [0.1, 0.15) is 11.1 Å². The van der Waals surface area contributed by atoms with Crippen molar-refractivity contribution in [2.24, 2.45) is 10.2 Å². The van der Waals surface area contributed by atoms with Gasteiger partial charge in [-0.15, -0.1) is 10.2 Å². The molecular weight excluding hydrogens is 315 g/mol. The lowest BCUT2D eigenvalue weighted by Gasteiger charge is -2.08. The first-order chi connectivity index (χ1) is 10.8. The fourth-order valence-corrected chi connectivity index (χ4v) is 2.50. The SMILES string of the molecule is ClC1=C(c2ccccc2)/N=N\C(c2ccccc2)=C(Cl)/C=C\1. The van der Waals surface area contributed by atoms with Crippen LogP contribution in [-0.4, -0.2) is 0 Å². The average molecular weight is 327 g/mol. The highest BCUT2D eigenvalue weighted by Gasteiger charge is 2.11. The van der Waals surface area contributed by atoms with Crippen LogP contribution in [0.5, 0.6) is 0 Å². The summed E-state index contributed by atoms with van der Waals surface area (Å²) in [6.45, 7) is 0. The summed E-state index contributed by atoms with van der Waals surface area (Å²) >= 11 is 12.6. The molecule has 0 aromatic heterocycles. The topological polar surface area (TPSA) is 24.7 Å². The Kier molecular flexibility index (Phi) is 4.52. The molecule has 0 radical (unpaired) electrons. The molecule has 1 heterocycles. The number of hydrogen-bond donors (Lipinski definition) is 0. The van der Waals surface area contributed by atoms with Gasteiger partial charge in [0, 0.05) is 11.1 Å². The predicted molar refractivity (Wildman–Crippen MR) is 92.4 cm³/mol. The minimum absolute atomic E-state index is 0.500. The second-order valence-electron chi connectivity index (χ2n) is 4.66. The minimum atomic E-state index is 0.500. The van der Waals surface area contributed by atoms with E-state index in [1.807, 2.05) is 60.7 Å². The predicted octanol–water partition coefficient (Wildman–Crippen LogP) is 6.22. The third-order valence-corrected chi connectivity index (χ3v) is 3.78. The lowest BCUT2D eigenvalue weighted by molar-refractivity contribution is 1.23. The number of allylic oxidation sites excluding steroid dienone is 4. The second-order valence-corrected chi connectivity index (χ2v) is 5.47. The summed E-state index contributed by atoms with van der Waals surface area (Å²) in [7, 11) is 0. The van der Waals surface area contributed by atoms with Gasteiger partial charge in [0.05, 0.1) is 10.1 Å². The van der Waals surface area contributed by atoms with Gasteiger partial charge in [0.25, 0.3) is 0 Å². The van der Waals surface area contributed by atoms with Crippen molar-refractivity contribution in [3.05, 3.63) is 94.0 Å². The Labute approximate surface area is 139 Å². The number of hydrogen-bond acceptors (Lipinski definition) is 2. The van der Waals surface area contributed by atoms with E-state index in [1.54, 1.807) is 12.2 Å². The molecule has 4 heteroatoms. The monoisotopic (exact) mass is 326 g/mol. The van der Waals surface area contributed by atoms with Crippen molar-refractivity contribution in [3.8, 4) is 0 Å². The molecular formula is C18H12Cl2N2. The van der Waals surface area contributed by atoms with E-state index in [0.29, 0.717) is 21.5 Å². The largest absolute Gasteiger partial charge is 0.148 e. The smallest absolute Gasteiger partial charge is 0.111 e. The summed E-state index contributed by atoms with van der Waals surface area (Å²) < 4.78 is 0. The maximum absolute atomic E-state index is 6.31. The van der Waals surface area contributed by atoms with Gasteiger partial charge in [0.15, 0.2) is 0 Å². The highest BCUT2D eigenvalue weighted by atomic mass is 35.5. The molecule has 0 saturated heterocycles. The minimum Gasteiger partial charge on any atom is -0.148 e. The molecule has 0 atom stereocenters. The van der Waals surface area contributed by atoms with Gasteiger partial charge >= 0.3 is 0 Å². The first kappa shape index (κ1) is 14.8. The average Bonchev–Trinajstić information content (AvgIpc) is 2.57. The molecule has 2 aromatic rings. The van der Waals surface area contributed by atoms with Gasteiger partial charge in [-0.25, -0.2) is 0 Å². The van der Waals surface area contributed by atoms with Crippen molar-refractivity contribution in [1.82, 2.24) is 0 Å². The van der Waals surface area contributed by atoms with Crippen molar-refractivity contribution in [1.29, 1.82) is 0 Å². The zero-order valence-electron chi connectivity index (χ0n) is 11.6. The van der Waals surface area contributed by atoms with Crippen LogP contribution >= 0.6 is 23.2 Å². The van der Waals surface area contributed by atoms with Crippen LogP contribution < -0.4 is 0 Å². The van der Waals surface area contributed by atoms with Crippen LogP contribution in [0.25, 0.3) is 11.4 Å². The third-order valence-electron chi connectivity index (χ3n) is 3.17. The molecule has 1 aliphatic heterocycles. The Balaban J connectivity index is 2.06. The van der Waals surface area contributed by atoms with E-state index in [-0.39, 0.29) is 0 Å². The number of azo groups is 1. The van der Waals surface area contributed by atoms with Crippen LogP contribution in [0.3, 0.4) is 0 Å². The van der Waals surface area contributed by atoms with Gasteiger partial charge in [-0.3, -0.25) is 0 Å².